The van der Waals surface area contributed by atoms with Gasteiger partial charge in [0.1, 0.15) is 30.9 Å². The maximum absolute atomic E-state index is 13.3. The normalized spacial score (nSPS) is 18.1. The smallest absolute Gasteiger partial charge is 0.480 e. The third-order valence-corrected chi connectivity index (χ3v) is 13.4. The fourth-order valence-electron chi connectivity index (χ4n) is 9.24. The molecule has 0 bridgehead atoms. The first-order valence-electron chi connectivity index (χ1n) is 22.9. The van der Waals surface area contributed by atoms with Crippen LogP contribution in [0.25, 0.3) is 11.1 Å². The van der Waals surface area contributed by atoms with Gasteiger partial charge in [0, 0.05) is 52.4 Å². The van der Waals surface area contributed by atoms with Crippen molar-refractivity contribution in [2.24, 2.45) is 5.92 Å². The number of hydrogen-bond acceptors (Lipinski definition) is 13. The molecule has 1 saturated carbocycles. The van der Waals surface area contributed by atoms with Gasteiger partial charge in [-0.3, -0.25) is 57.8 Å². The predicted molar refractivity (Wildman–Crippen MR) is 248 cm³/mol. The van der Waals surface area contributed by atoms with Crippen molar-refractivity contribution in [1.29, 1.82) is 0 Å². The quantitative estimate of drug-likeness (QED) is 0.0698. The molecule has 2 amide bonds. The minimum atomic E-state index is -4.68. The molecule has 1 radical (unpaired) electrons. The molecule has 2 fully saturated rings. The van der Waals surface area contributed by atoms with Gasteiger partial charge in [-0.1, -0.05) is 37.0 Å². The molecule has 1 aliphatic carbocycles. The van der Waals surface area contributed by atoms with Gasteiger partial charge in [0.05, 0.1) is 19.7 Å². The molecular formula is C46H69GdN6O14P+3. The van der Waals surface area contributed by atoms with Crippen LogP contribution < -0.4 is 15.2 Å². The summed E-state index contributed by atoms with van der Waals surface area (Å²) < 4.78 is 24.1. The number of benzene rings is 2. The molecular weight excluding hydrogens is 1050 g/mol. The van der Waals surface area contributed by atoms with E-state index in [9.17, 15) is 48.4 Å². The number of aliphatic carboxylic acids is 4. The number of carbonyl (C=O) groups excluding carboxylic acids is 2. The Kier molecular flexibility index (Phi) is 24.4. The third-order valence-electron chi connectivity index (χ3n) is 12.4. The van der Waals surface area contributed by atoms with Crippen LogP contribution in [0.15, 0.2) is 24.3 Å². The minimum Gasteiger partial charge on any atom is -0.480 e. The van der Waals surface area contributed by atoms with Crippen LogP contribution in [0, 0.1) is 80.5 Å². The summed E-state index contributed by atoms with van der Waals surface area (Å²) in [6.07, 6.45) is 4.18. The summed E-state index contributed by atoms with van der Waals surface area (Å²) in [5, 5.41) is 44.1. The van der Waals surface area contributed by atoms with E-state index in [1.54, 1.807) is 27.7 Å². The SMILES string of the molecule is Cc1cc(C)c(-c2cc(C)c(OP(=O)(O)OCCC[C@H](C(=O)O)N3CCN(CC(=O)NCC(=O)O)CCN([C@@H](C(=O)O)C4CCCCC4)CCN(CC(=O)NCC(=O)O)CC3)cc2C)c(C)c1.[Gd+3]. The van der Waals surface area contributed by atoms with E-state index in [4.69, 9.17) is 19.3 Å². The van der Waals surface area contributed by atoms with Crippen molar-refractivity contribution in [3.05, 3.63) is 52.1 Å². The van der Waals surface area contributed by atoms with Crippen LogP contribution in [0.3, 0.4) is 0 Å². The largest absolute Gasteiger partial charge is 3.00 e. The Labute approximate surface area is 430 Å². The zero-order valence-electron chi connectivity index (χ0n) is 39.7. The predicted octanol–water partition coefficient (Wildman–Crippen LogP) is 3.28. The summed E-state index contributed by atoms with van der Waals surface area (Å²) >= 11 is 0. The number of phosphoric acid groups is 1. The zero-order chi connectivity index (χ0) is 49.4. The molecule has 0 aromatic heterocycles. The van der Waals surface area contributed by atoms with Gasteiger partial charge in [-0.25, -0.2) is 4.57 Å². The van der Waals surface area contributed by atoms with Gasteiger partial charge in [-0.05, 0) is 112 Å². The Balaban J connectivity index is 0.0000122. The van der Waals surface area contributed by atoms with E-state index < -0.39 is 68.7 Å². The molecule has 2 aliphatic rings. The van der Waals surface area contributed by atoms with Crippen LogP contribution in [0.4, 0.5) is 0 Å². The number of nitrogens with one attached hydrogen (secondary N) is 2. The number of carbonyl (C=O) groups is 6. The molecule has 1 saturated heterocycles. The van der Waals surface area contributed by atoms with Crippen LogP contribution in [-0.4, -0.2) is 178 Å². The van der Waals surface area contributed by atoms with Gasteiger partial charge >= 0.3 is 71.6 Å². The van der Waals surface area contributed by atoms with E-state index in [0.29, 0.717) is 5.56 Å². The van der Waals surface area contributed by atoms with Crippen molar-refractivity contribution in [3.63, 3.8) is 0 Å². The second-order valence-corrected chi connectivity index (χ2v) is 19.1. The first kappa shape index (κ1) is 58.7. The fourth-order valence-corrected chi connectivity index (χ4v) is 10.1. The van der Waals surface area contributed by atoms with Crippen molar-refractivity contribution >= 4 is 43.5 Å². The molecule has 0 spiro atoms. The standard InChI is InChI=1S/C46H69N6O14P.Gd/c1-30-22-33(4)43(34(5)23-30)36-24-32(3)38(25-31(36)2)66-67(63,64)65-21-9-12-37(45(59)60)51-17-13-49(28-39(53)47-26-41(55)56)15-19-52(44(46(61)62)35-10-7-6-8-11-35)20-16-50(14-18-51)29-40(54)48-27-42(57)58;/h22-25,35,37,44H,6-21,26-29H2,1-5H3,(H,47,53)(H,48,54)(H,55,56)(H,57,58)(H,59,60)(H,61,62)(H,63,64);/q;+3/t37-,44-;/m1./s1. The van der Waals surface area contributed by atoms with E-state index in [1.165, 1.54) is 0 Å². The van der Waals surface area contributed by atoms with Gasteiger partial charge < -0.3 is 35.6 Å². The summed E-state index contributed by atoms with van der Waals surface area (Å²) in [5.74, 6) is -5.84. The van der Waals surface area contributed by atoms with Crippen LogP contribution in [0.5, 0.6) is 5.75 Å². The molecule has 1 aliphatic heterocycles. The number of nitrogens with zero attached hydrogens (tertiary/aromatic N) is 4. The molecule has 377 valence electrons. The Hall–Kier alpha value is -3.63. The van der Waals surface area contributed by atoms with E-state index in [0.717, 1.165) is 65.5 Å². The molecule has 68 heavy (non-hydrogen) atoms. The average molecular weight is 1120 g/mol. The number of aryl methyl sites for hydroxylation is 5. The summed E-state index contributed by atoms with van der Waals surface area (Å²) in [5.41, 5.74) is 6.81. The monoisotopic (exact) mass is 1120 g/mol. The molecule has 1 unspecified atom stereocenters. The Morgan fingerprint density at radius 3 is 1.65 bits per heavy atom. The summed E-state index contributed by atoms with van der Waals surface area (Å²) in [6.45, 7) is 8.69. The zero-order valence-corrected chi connectivity index (χ0v) is 42.8. The van der Waals surface area contributed by atoms with Crippen LogP contribution in [0.1, 0.15) is 72.8 Å². The van der Waals surface area contributed by atoms with Gasteiger partial charge in [-0.15, -0.1) is 0 Å². The molecule has 3 atom stereocenters. The molecule has 7 N–H and O–H groups in total. The molecule has 4 rings (SSSR count). The molecule has 2 aromatic rings. The van der Waals surface area contributed by atoms with Gasteiger partial charge in [0.25, 0.3) is 0 Å². The van der Waals surface area contributed by atoms with Crippen LogP contribution in [-0.2, 0) is 37.9 Å². The van der Waals surface area contributed by atoms with Crippen LogP contribution in [0.2, 0.25) is 0 Å². The summed E-state index contributed by atoms with van der Waals surface area (Å²) in [7, 11) is -4.68. The number of phosphoric ester groups is 1. The minimum absolute atomic E-state index is 0. The van der Waals surface area contributed by atoms with Crippen LogP contribution >= 0.6 is 7.82 Å². The second kappa shape index (κ2) is 28.3. The second-order valence-electron chi connectivity index (χ2n) is 17.7. The molecule has 20 nitrogen and oxygen atoms in total. The Morgan fingerprint density at radius 1 is 0.676 bits per heavy atom. The average Bonchev–Trinajstić information content (AvgIpc) is 3.23. The number of hydrogen-bond donors (Lipinski definition) is 7. The van der Waals surface area contributed by atoms with Crippen molar-refractivity contribution in [2.75, 3.05) is 85.1 Å². The first-order chi connectivity index (χ1) is 31.6. The van der Waals surface area contributed by atoms with Crippen molar-refractivity contribution < 1.29 is 108 Å². The topological polar surface area (TPSA) is 276 Å². The Morgan fingerprint density at radius 2 is 1.18 bits per heavy atom. The van der Waals surface area contributed by atoms with Crippen molar-refractivity contribution in [3.8, 4) is 16.9 Å². The van der Waals surface area contributed by atoms with Gasteiger partial charge in [-0.2, -0.15) is 0 Å². The van der Waals surface area contributed by atoms with Gasteiger partial charge in [0.15, 0.2) is 0 Å². The molecule has 22 heteroatoms. The van der Waals surface area contributed by atoms with E-state index in [2.05, 4.69) is 22.8 Å². The summed E-state index contributed by atoms with van der Waals surface area (Å²) in [4.78, 5) is 92.0. The Bertz CT molecular complexity index is 2050. The van der Waals surface area contributed by atoms with E-state index >= 15 is 0 Å². The number of carboxylic acids is 4. The fraction of sp³-hybridized carbons (Fsp3) is 0.609. The maximum atomic E-state index is 13.3. The molecule has 2 aromatic carbocycles. The number of amides is 2. The number of carboxylic acid groups (broad SMARTS) is 4. The summed E-state index contributed by atoms with van der Waals surface area (Å²) in [6, 6.07) is 5.73. The number of rotatable bonds is 21. The van der Waals surface area contributed by atoms with Crippen molar-refractivity contribution in [1.82, 2.24) is 30.2 Å². The van der Waals surface area contributed by atoms with Gasteiger partial charge in [0.2, 0.25) is 11.8 Å². The van der Waals surface area contributed by atoms with E-state index in [1.807, 2.05) is 38.7 Å². The maximum Gasteiger partial charge on any atom is 3.00 e. The first-order valence-corrected chi connectivity index (χ1v) is 24.3. The van der Waals surface area contributed by atoms with E-state index in [-0.39, 0.29) is 137 Å². The van der Waals surface area contributed by atoms with Crippen molar-refractivity contribution in [2.45, 2.75) is 91.6 Å². The third kappa shape index (κ3) is 18.9. The molecule has 1 heterocycles.